The number of carbonyl (C=O) groups is 1. The van der Waals surface area contributed by atoms with Gasteiger partial charge in [0.2, 0.25) is 8.87 Å². The second kappa shape index (κ2) is 15.9. The molecule has 0 atom stereocenters. The number of rotatable bonds is 8. The van der Waals surface area contributed by atoms with Crippen molar-refractivity contribution in [3.8, 4) is 0 Å². The van der Waals surface area contributed by atoms with E-state index in [1.807, 2.05) is 39.8 Å². The Hall–Kier alpha value is -1.17. The maximum Gasteiger partial charge on any atom is 0.320 e. The summed E-state index contributed by atoms with van der Waals surface area (Å²) < 4.78 is 30.6. The Morgan fingerprint density at radius 2 is 1.53 bits per heavy atom. The molecule has 1 aromatic carbocycles. The average Bonchev–Trinajstić information content (AvgIpc) is 2.79. The van der Waals surface area contributed by atoms with Crippen LogP contribution in [0.3, 0.4) is 0 Å². The number of nitrogens with one attached hydrogen (secondary N) is 2. The SMILES string of the molecule is Cc1ccc(S(=O)(=O)SCCCN2CCCNCCN(CC(=O)OC(C)(C)C)CCCNCC2)cc1. The van der Waals surface area contributed by atoms with Crippen LogP contribution in [-0.2, 0) is 18.4 Å². The normalized spacial score (nSPS) is 18.4. The molecule has 10 heteroatoms. The first kappa shape index (κ1) is 31.1. The van der Waals surface area contributed by atoms with Crippen LogP contribution in [-0.4, -0.2) is 101 Å². The fourth-order valence-corrected chi connectivity index (χ4v) is 6.80. The first-order valence-electron chi connectivity index (χ1n) is 13.1. The van der Waals surface area contributed by atoms with Crippen molar-refractivity contribution in [2.75, 3.05) is 71.2 Å². The van der Waals surface area contributed by atoms with Crippen molar-refractivity contribution in [3.63, 3.8) is 0 Å². The van der Waals surface area contributed by atoms with E-state index in [0.29, 0.717) is 17.2 Å². The van der Waals surface area contributed by atoms with Gasteiger partial charge in [-0.15, -0.1) is 0 Å². The maximum absolute atomic E-state index is 12.6. The Kier molecular flexibility index (Phi) is 13.7. The second-order valence-corrected chi connectivity index (χ2v) is 14.4. The van der Waals surface area contributed by atoms with E-state index in [4.69, 9.17) is 4.74 Å². The highest BCUT2D eigenvalue weighted by molar-refractivity contribution is 8.72. The Bertz CT molecular complexity index is 857. The lowest BCUT2D eigenvalue weighted by atomic mass is 10.2. The van der Waals surface area contributed by atoms with Gasteiger partial charge in [0.15, 0.2) is 0 Å². The summed E-state index contributed by atoms with van der Waals surface area (Å²) >= 11 is 0. The molecule has 0 aromatic heterocycles. The summed E-state index contributed by atoms with van der Waals surface area (Å²) in [6, 6.07) is 7.06. The summed E-state index contributed by atoms with van der Waals surface area (Å²) in [5.41, 5.74) is 0.598. The van der Waals surface area contributed by atoms with Crippen LogP contribution in [0.4, 0.5) is 0 Å². The van der Waals surface area contributed by atoms with Crippen molar-refractivity contribution >= 4 is 25.6 Å². The average molecular weight is 543 g/mol. The zero-order valence-electron chi connectivity index (χ0n) is 22.6. The molecule has 0 unspecified atom stereocenters. The number of benzene rings is 1. The third-order valence-corrected chi connectivity index (χ3v) is 9.43. The van der Waals surface area contributed by atoms with Crippen molar-refractivity contribution in [2.45, 2.75) is 57.5 Å². The molecular weight excluding hydrogens is 496 g/mol. The van der Waals surface area contributed by atoms with Crippen LogP contribution in [0.15, 0.2) is 29.2 Å². The minimum atomic E-state index is -3.30. The van der Waals surface area contributed by atoms with Crippen LogP contribution in [0.1, 0.15) is 45.6 Å². The predicted molar refractivity (Wildman–Crippen MR) is 149 cm³/mol. The minimum Gasteiger partial charge on any atom is -0.459 e. The summed E-state index contributed by atoms with van der Waals surface area (Å²) in [4.78, 5) is 17.2. The molecule has 8 nitrogen and oxygen atoms in total. The molecule has 1 fully saturated rings. The maximum atomic E-state index is 12.6. The predicted octanol–water partition coefficient (Wildman–Crippen LogP) is 2.73. The summed E-state index contributed by atoms with van der Waals surface area (Å²) in [6.45, 7) is 16.0. The van der Waals surface area contributed by atoms with Crippen molar-refractivity contribution in [3.05, 3.63) is 29.8 Å². The lowest BCUT2D eigenvalue weighted by Gasteiger charge is -2.26. The van der Waals surface area contributed by atoms with Crippen LogP contribution in [0.25, 0.3) is 0 Å². The van der Waals surface area contributed by atoms with Crippen LogP contribution in [0.5, 0.6) is 0 Å². The number of nitrogens with zero attached hydrogens (tertiary/aromatic N) is 2. The van der Waals surface area contributed by atoms with Gasteiger partial charge in [0.25, 0.3) is 0 Å². The Morgan fingerprint density at radius 1 is 0.944 bits per heavy atom. The van der Waals surface area contributed by atoms with Gasteiger partial charge < -0.3 is 20.3 Å². The highest BCUT2D eigenvalue weighted by Gasteiger charge is 2.19. The highest BCUT2D eigenvalue weighted by Crippen LogP contribution is 2.24. The van der Waals surface area contributed by atoms with Gasteiger partial charge in [0, 0.05) is 31.9 Å². The number of carbonyl (C=O) groups excluding carboxylic acids is 1. The van der Waals surface area contributed by atoms with Gasteiger partial charge in [-0.05, 0) is 103 Å². The second-order valence-electron chi connectivity index (χ2n) is 10.4. The molecule has 1 heterocycles. The molecule has 0 spiro atoms. The van der Waals surface area contributed by atoms with Crippen molar-refractivity contribution < 1.29 is 17.9 Å². The van der Waals surface area contributed by atoms with Gasteiger partial charge in [-0.1, -0.05) is 17.7 Å². The largest absolute Gasteiger partial charge is 0.459 e. The standard InChI is InChI=1S/C26H46N4O4S2/c1-23-8-10-24(11-9-23)36(32,33)35-21-7-18-29-16-5-12-28-15-20-30(17-6-13-27-14-19-29)22-25(31)34-26(2,3)4/h8-11,27-28H,5-7,12-22H2,1-4H3. The van der Waals surface area contributed by atoms with Gasteiger partial charge in [-0.3, -0.25) is 9.69 Å². The smallest absolute Gasteiger partial charge is 0.320 e. The molecule has 206 valence electrons. The lowest BCUT2D eigenvalue weighted by Crippen LogP contribution is -2.41. The van der Waals surface area contributed by atoms with E-state index >= 15 is 0 Å². The highest BCUT2D eigenvalue weighted by atomic mass is 33.1. The molecular formula is C26H46N4O4S2. The molecule has 36 heavy (non-hydrogen) atoms. The molecule has 0 amide bonds. The number of hydrogen-bond acceptors (Lipinski definition) is 9. The molecule has 1 aliphatic heterocycles. The summed E-state index contributed by atoms with van der Waals surface area (Å²) in [7, 11) is -2.26. The van der Waals surface area contributed by atoms with Crippen LogP contribution in [0, 0.1) is 6.92 Å². The van der Waals surface area contributed by atoms with E-state index in [1.165, 1.54) is 0 Å². The van der Waals surface area contributed by atoms with Crippen LogP contribution < -0.4 is 10.6 Å². The quantitative estimate of drug-likeness (QED) is 0.292. The number of esters is 1. The minimum absolute atomic E-state index is 0.169. The first-order valence-corrected chi connectivity index (χ1v) is 16.1. The molecule has 0 radical (unpaired) electrons. The van der Waals surface area contributed by atoms with E-state index in [-0.39, 0.29) is 5.97 Å². The van der Waals surface area contributed by atoms with Crippen LogP contribution in [0.2, 0.25) is 0 Å². The van der Waals surface area contributed by atoms with Gasteiger partial charge in [0.05, 0.1) is 11.4 Å². The fourth-order valence-electron chi connectivity index (χ4n) is 3.97. The molecule has 0 saturated carbocycles. The summed E-state index contributed by atoms with van der Waals surface area (Å²) in [6.07, 6.45) is 2.83. The molecule has 1 aliphatic rings. The molecule has 2 rings (SSSR count). The van der Waals surface area contributed by atoms with Gasteiger partial charge in [-0.2, -0.15) is 0 Å². The van der Waals surface area contributed by atoms with Gasteiger partial charge in [0.1, 0.15) is 5.60 Å². The molecule has 0 aliphatic carbocycles. The Balaban J connectivity index is 1.72. The number of ether oxygens (including phenoxy) is 1. The third-order valence-electron chi connectivity index (χ3n) is 5.80. The van der Waals surface area contributed by atoms with Gasteiger partial charge in [-0.25, -0.2) is 8.42 Å². The van der Waals surface area contributed by atoms with E-state index < -0.39 is 14.5 Å². The van der Waals surface area contributed by atoms with Gasteiger partial charge >= 0.3 is 5.97 Å². The summed E-state index contributed by atoms with van der Waals surface area (Å²) in [5, 5.41) is 7.02. The van der Waals surface area contributed by atoms with E-state index in [1.54, 1.807) is 12.1 Å². The monoisotopic (exact) mass is 542 g/mol. The van der Waals surface area contributed by atoms with E-state index in [9.17, 15) is 13.2 Å². The fraction of sp³-hybridized carbons (Fsp3) is 0.731. The molecule has 1 aromatic rings. The zero-order valence-corrected chi connectivity index (χ0v) is 24.2. The first-order chi connectivity index (χ1) is 17.0. The topological polar surface area (TPSA) is 91.0 Å². The number of aryl methyl sites for hydroxylation is 1. The molecule has 0 bridgehead atoms. The van der Waals surface area contributed by atoms with Crippen molar-refractivity contribution in [2.24, 2.45) is 0 Å². The number of hydrogen-bond donors (Lipinski definition) is 2. The van der Waals surface area contributed by atoms with Crippen LogP contribution >= 0.6 is 10.8 Å². The summed E-state index contributed by atoms with van der Waals surface area (Å²) in [5.74, 6) is 0.420. The van der Waals surface area contributed by atoms with Crippen molar-refractivity contribution in [1.29, 1.82) is 0 Å². The Morgan fingerprint density at radius 3 is 2.14 bits per heavy atom. The lowest BCUT2D eigenvalue weighted by molar-refractivity contribution is -0.156. The third kappa shape index (κ3) is 13.4. The van der Waals surface area contributed by atoms with Crippen molar-refractivity contribution in [1.82, 2.24) is 20.4 Å². The van der Waals surface area contributed by atoms with E-state index in [0.717, 1.165) is 94.5 Å². The Labute approximate surface area is 222 Å². The zero-order chi connectivity index (χ0) is 26.4. The molecule has 1 saturated heterocycles. The van der Waals surface area contributed by atoms with E-state index in [2.05, 4.69) is 20.4 Å². The molecule has 2 N–H and O–H groups in total.